The molecule has 3 rings (SSSR count). The average molecular weight is 450 g/mol. The van der Waals surface area contributed by atoms with Gasteiger partial charge in [0.05, 0.1) is 6.26 Å². The van der Waals surface area contributed by atoms with E-state index in [0.29, 0.717) is 24.9 Å². The Morgan fingerprint density at radius 1 is 1.06 bits per heavy atom. The molecule has 0 saturated carbocycles. The van der Waals surface area contributed by atoms with Crippen molar-refractivity contribution in [1.82, 2.24) is 19.4 Å². The third-order valence-electron chi connectivity index (χ3n) is 6.53. The van der Waals surface area contributed by atoms with Crippen LogP contribution in [0.2, 0.25) is 0 Å². The average Bonchev–Trinajstić information content (AvgIpc) is 2.75. The largest absolute Gasteiger partial charge is 0.356 e. The highest BCUT2D eigenvalue weighted by Crippen LogP contribution is 2.19. The summed E-state index contributed by atoms with van der Waals surface area (Å²) in [6, 6.07) is 9.03. The van der Waals surface area contributed by atoms with Gasteiger partial charge in [-0.15, -0.1) is 0 Å². The van der Waals surface area contributed by atoms with E-state index in [4.69, 9.17) is 0 Å². The number of benzene rings is 1. The predicted octanol–water partition coefficient (Wildman–Crippen LogP) is 2.17. The number of sulfonamides is 1. The molecule has 0 spiro atoms. The lowest BCUT2D eigenvalue weighted by molar-refractivity contribution is 0.171. The van der Waals surface area contributed by atoms with Crippen molar-refractivity contribution >= 4 is 16.0 Å². The van der Waals surface area contributed by atoms with E-state index in [2.05, 4.69) is 58.2 Å². The van der Waals surface area contributed by atoms with Crippen LogP contribution in [0, 0.1) is 5.92 Å². The topological polar surface area (TPSA) is 68.2 Å². The summed E-state index contributed by atoms with van der Waals surface area (Å²) in [5.41, 5.74) is 2.77. The third kappa shape index (κ3) is 6.92. The molecule has 0 unspecified atom stereocenters. The SMILES string of the molecule is CN=C(NCC1CCN(S(C)(=O)=O)CC1)N1CCN(Cc2ccc(C(C)C)cc2)CC1. The molecule has 0 aliphatic carbocycles. The number of piperidine rings is 1. The molecular weight excluding hydrogens is 410 g/mol. The van der Waals surface area contributed by atoms with Gasteiger partial charge >= 0.3 is 0 Å². The Hall–Kier alpha value is -1.64. The summed E-state index contributed by atoms with van der Waals surface area (Å²) in [5, 5.41) is 3.53. The highest BCUT2D eigenvalue weighted by atomic mass is 32.2. The maximum absolute atomic E-state index is 11.7. The van der Waals surface area contributed by atoms with Crippen LogP contribution < -0.4 is 5.32 Å². The maximum Gasteiger partial charge on any atom is 0.211 e. The predicted molar refractivity (Wildman–Crippen MR) is 128 cm³/mol. The van der Waals surface area contributed by atoms with Crippen molar-refractivity contribution in [2.24, 2.45) is 10.9 Å². The number of nitrogens with zero attached hydrogens (tertiary/aromatic N) is 4. The highest BCUT2D eigenvalue weighted by Gasteiger charge is 2.26. The molecule has 2 saturated heterocycles. The first-order valence-corrected chi connectivity index (χ1v) is 13.3. The second-order valence-corrected chi connectivity index (χ2v) is 11.2. The fourth-order valence-corrected chi connectivity index (χ4v) is 5.27. The Balaban J connectivity index is 1.41. The van der Waals surface area contributed by atoms with Crippen LogP contribution >= 0.6 is 0 Å². The molecule has 2 aliphatic rings. The van der Waals surface area contributed by atoms with Gasteiger partial charge in [0.25, 0.3) is 0 Å². The van der Waals surface area contributed by atoms with Crippen molar-refractivity contribution in [2.45, 2.75) is 39.2 Å². The summed E-state index contributed by atoms with van der Waals surface area (Å²) in [4.78, 5) is 9.34. The van der Waals surface area contributed by atoms with Gasteiger partial charge in [0.1, 0.15) is 0 Å². The highest BCUT2D eigenvalue weighted by molar-refractivity contribution is 7.88. The van der Waals surface area contributed by atoms with Crippen LogP contribution in [0.3, 0.4) is 0 Å². The Morgan fingerprint density at radius 2 is 1.68 bits per heavy atom. The molecule has 2 fully saturated rings. The number of guanidine groups is 1. The number of hydrogen-bond acceptors (Lipinski definition) is 4. The zero-order valence-corrected chi connectivity index (χ0v) is 20.4. The van der Waals surface area contributed by atoms with Gasteiger partial charge in [-0.3, -0.25) is 9.89 Å². The monoisotopic (exact) mass is 449 g/mol. The number of nitrogens with one attached hydrogen (secondary N) is 1. The van der Waals surface area contributed by atoms with E-state index < -0.39 is 10.0 Å². The van der Waals surface area contributed by atoms with Crippen LogP contribution in [0.4, 0.5) is 0 Å². The van der Waals surface area contributed by atoms with Crippen molar-refractivity contribution in [2.75, 3.05) is 59.1 Å². The molecular formula is C23H39N5O2S. The van der Waals surface area contributed by atoms with Crippen LogP contribution in [0.25, 0.3) is 0 Å². The van der Waals surface area contributed by atoms with Crippen molar-refractivity contribution in [3.05, 3.63) is 35.4 Å². The lowest BCUT2D eigenvalue weighted by Crippen LogP contribution is -2.53. The van der Waals surface area contributed by atoms with Crippen LogP contribution in [0.5, 0.6) is 0 Å². The minimum atomic E-state index is -3.06. The number of hydrogen-bond donors (Lipinski definition) is 1. The molecule has 2 aliphatic heterocycles. The van der Waals surface area contributed by atoms with Crippen LogP contribution in [0.1, 0.15) is 43.7 Å². The lowest BCUT2D eigenvalue weighted by atomic mass is 9.98. The van der Waals surface area contributed by atoms with Crippen LogP contribution in [-0.4, -0.2) is 87.6 Å². The molecule has 8 heteroatoms. The normalized spacial score (nSPS) is 20.4. The van der Waals surface area contributed by atoms with Gasteiger partial charge < -0.3 is 10.2 Å². The van der Waals surface area contributed by atoms with Gasteiger partial charge in [0.15, 0.2) is 5.96 Å². The zero-order chi connectivity index (χ0) is 22.4. The molecule has 0 bridgehead atoms. The minimum absolute atomic E-state index is 0.491. The van der Waals surface area contributed by atoms with Gasteiger partial charge in [0.2, 0.25) is 10.0 Å². The van der Waals surface area contributed by atoms with E-state index in [1.165, 1.54) is 17.4 Å². The van der Waals surface area contributed by atoms with E-state index in [9.17, 15) is 8.42 Å². The summed E-state index contributed by atoms with van der Waals surface area (Å²) in [6.07, 6.45) is 3.11. The first-order chi connectivity index (χ1) is 14.8. The van der Waals surface area contributed by atoms with Gasteiger partial charge in [0, 0.05) is 59.4 Å². The van der Waals surface area contributed by atoms with Crippen molar-refractivity contribution < 1.29 is 8.42 Å². The summed E-state index contributed by atoms with van der Waals surface area (Å²) < 4.78 is 24.9. The Kier molecular flexibility index (Phi) is 8.36. The minimum Gasteiger partial charge on any atom is -0.356 e. The summed E-state index contributed by atoms with van der Waals surface area (Å²) in [6.45, 7) is 11.6. The number of rotatable bonds is 6. The van der Waals surface area contributed by atoms with Gasteiger partial charge in [-0.05, 0) is 35.8 Å². The van der Waals surface area contributed by atoms with Crippen molar-refractivity contribution in [1.29, 1.82) is 0 Å². The van der Waals surface area contributed by atoms with E-state index in [-0.39, 0.29) is 0 Å². The molecule has 1 aromatic carbocycles. The van der Waals surface area contributed by atoms with Crippen molar-refractivity contribution in [3.63, 3.8) is 0 Å². The number of aliphatic imine (C=N–C) groups is 1. The second-order valence-electron chi connectivity index (χ2n) is 9.19. The van der Waals surface area contributed by atoms with Crippen LogP contribution in [0.15, 0.2) is 29.3 Å². The van der Waals surface area contributed by atoms with Gasteiger partial charge in [-0.25, -0.2) is 12.7 Å². The smallest absolute Gasteiger partial charge is 0.211 e. The first kappa shape index (κ1) is 24.0. The molecule has 0 amide bonds. The first-order valence-electron chi connectivity index (χ1n) is 11.5. The van der Waals surface area contributed by atoms with Gasteiger partial charge in [-0.1, -0.05) is 38.1 Å². The quantitative estimate of drug-likeness (QED) is 0.533. The molecule has 1 aromatic rings. The summed E-state index contributed by atoms with van der Waals surface area (Å²) in [5.74, 6) is 2.03. The number of piperazine rings is 1. The fourth-order valence-electron chi connectivity index (χ4n) is 4.40. The third-order valence-corrected chi connectivity index (χ3v) is 7.83. The zero-order valence-electron chi connectivity index (χ0n) is 19.5. The van der Waals surface area contributed by atoms with E-state index in [0.717, 1.165) is 58.1 Å². The van der Waals surface area contributed by atoms with Crippen molar-refractivity contribution in [3.8, 4) is 0 Å². The molecule has 0 atom stereocenters. The summed E-state index contributed by atoms with van der Waals surface area (Å²) >= 11 is 0. The van der Waals surface area contributed by atoms with E-state index in [1.807, 2.05) is 7.05 Å². The molecule has 7 nitrogen and oxygen atoms in total. The Morgan fingerprint density at radius 3 is 2.19 bits per heavy atom. The van der Waals surface area contributed by atoms with Gasteiger partial charge in [-0.2, -0.15) is 0 Å². The molecule has 0 radical (unpaired) electrons. The Labute approximate surface area is 188 Å². The molecule has 2 heterocycles. The molecule has 1 N–H and O–H groups in total. The molecule has 0 aromatic heterocycles. The second kappa shape index (κ2) is 10.8. The molecule has 31 heavy (non-hydrogen) atoms. The van der Waals surface area contributed by atoms with E-state index >= 15 is 0 Å². The fraction of sp³-hybridized carbons (Fsp3) is 0.696. The molecule has 174 valence electrons. The van der Waals surface area contributed by atoms with Crippen LogP contribution in [-0.2, 0) is 16.6 Å². The maximum atomic E-state index is 11.7. The lowest BCUT2D eigenvalue weighted by Gasteiger charge is -2.37. The Bertz CT molecular complexity index is 822. The summed E-state index contributed by atoms with van der Waals surface area (Å²) in [7, 11) is -1.22. The van der Waals surface area contributed by atoms with E-state index in [1.54, 1.807) is 4.31 Å². The standard InChI is InChI=1S/C23H39N5O2S/c1-19(2)22-7-5-21(6-8-22)18-26-13-15-27(16-14-26)23(24-3)25-17-20-9-11-28(12-10-20)31(4,29)30/h5-8,19-20H,9-18H2,1-4H3,(H,24,25).